The van der Waals surface area contributed by atoms with Crippen LogP contribution in [0.15, 0.2) is 24.0 Å². The van der Waals surface area contributed by atoms with Gasteiger partial charge in [-0.2, -0.15) is 0 Å². The second-order valence-electron chi connectivity index (χ2n) is 4.92. The quantitative estimate of drug-likeness (QED) is 0.722. The summed E-state index contributed by atoms with van der Waals surface area (Å²) in [4.78, 5) is 24.4. The highest BCUT2D eigenvalue weighted by molar-refractivity contribution is 6.52. The van der Waals surface area contributed by atoms with Gasteiger partial charge >= 0.3 is 0 Å². The average molecular weight is 254 g/mol. The number of ketones is 2. The molecule has 0 atom stereocenters. The Hall–Kier alpha value is -2.16. The first-order valence-electron chi connectivity index (χ1n) is 6.36. The lowest BCUT2D eigenvalue weighted by molar-refractivity contribution is -0.112. The molecule has 0 radical (unpaired) electrons. The Morgan fingerprint density at radius 1 is 1.05 bits per heavy atom. The van der Waals surface area contributed by atoms with Crippen molar-refractivity contribution in [2.24, 2.45) is 0 Å². The van der Waals surface area contributed by atoms with Gasteiger partial charge in [0.05, 0.1) is 6.26 Å². The Morgan fingerprint density at radius 3 is 2.47 bits per heavy atom. The molecule has 0 fully saturated rings. The second-order valence-corrected chi connectivity index (χ2v) is 4.92. The highest BCUT2D eigenvalue weighted by atomic mass is 16.5. The summed E-state index contributed by atoms with van der Waals surface area (Å²) in [6.07, 6.45) is 2.15. The van der Waals surface area contributed by atoms with Crippen molar-refractivity contribution < 1.29 is 14.3 Å². The molecule has 1 heterocycles. The summed E-state index contributed by atoms with van der Waals surface area (Å²) in [6, 6.07) is 3.87. The third kappa shape index (κ3) is 1.44. The van der Waals surface area contributed by atoms with Crippen molar-refractivity contribution in [3.05, 3.63) is 46.2 Å². The molecule has 3 rings (SSSR count). The third-order valence-electron chi connectivity index (χ3n) is 3.75. The van der Waals surface area contributed by atoms with Gasteiger partial charge in [0.25, 0.3) is 0 Å². The number of Topliss-reactive ketones (excluding diaryl/α,β-unsaturated/α-hetero) is 2. The predicted molar refractivity (Wildman–Crippen MR) is 72.5 cm³/mol. The fraction of sp³-hybridized carbons (Fsp3) is 0.250. The molecule has 0 unspecified atom stereocenters. The van der Waals surface area contributed by atoms with Gasteiger partial charge in [0.1, 0.15) is 5.76 Å². The fourth-order valence-electron chi connectivity index (χ4n) is 2.73. The van der Waals surface area contributed by atoms with Gasteiger partial charge < -0.3 is 4.74 Å². The highest BCUT2D eigenvalue weighted by Gasteiger charge is 2.37. The van der Waals surface area contributed by atoms with E-state index in [0.29, 0.717) is 23.3 Å². The molecule has 96 valence electrons. The zero-order valence-electron chi connectivity index (χ0n) is 11.2. The summed E-state index contributed by atoms with van der Waals surface area (Å²) in [5, 5.41) is 0. The average Bonchev–Trinajstić information content (AvgIpc) is 2.40. The normalized spacial score (nSPS) is 17.1. The van der Waals surface area contributed by atoms with Crippen molar-refractivity contribution in [2.45, 2.75) is 27.2 Å². The van der Waals surface area contributed by atoms with E-state index in [1.165, 1.54) is 0 Å². The van der Waals surface area contributed by atoms with Gasteiger partial charge in [-0.3, -0.25) is 9.59 Å². The predicted octanol–water partition coefficient (Wildman–Crippen LogP) is 3.27. The molecule has 19 heavy (non-hydrogen) atoms. The number of allylic oxidation sites excluding steroid dienone is 2. The highest BCUT2D eigenvalue weighted by Crippen LogP contribution is 2.41. The summed E-state index contributed by atoms with van der Waals surface area (Å²) in [5.41, 5.74) is 4.55. The topological polar surface area (TPSA) is 43.4 Å². The zero-order valence-corrected chi connectivity index (χ0v) is 11.2. The van der Waals surface area contributed by atoms with Crippen LogP contribution < -0.4 is 0 Å². The molecule has 3 heteroatoms. The minimum atomic E-state index is -0.432. The zero-order chi connectivity index (χ0) is 13.7. The van der Waals surface area contributed by atoms with E-state index in [4.69, 9.17) is 4.74 Å². The minimum absolute atomic E-state index is 0.409. The van der Waals surface area contributed by atoms with Crippen LogP contribution in [0.1, 0.15) is 47.3 Å². The summed E-state index contributed by atoms with van der Waals surface area (Å²) < 4.78 is 5.62. The van der Waals surface area contributed by atoms with E-state index >= 15 is 0 Å². The number of hydrogen-bond acceptors (Lipinski definition) is 3. The van der Waals surface area contributed by atoms with E-state index < -0.39 is 11.6 Å². The van der Waals surface area contributed by atoms with Crippen LogP contribution in [0.3, 0.4) is 0 Å². The van der Waals surface area contributed by atoms with Crippen LogP contribution in [0.5, 0.6) is 0 Å². The lowest BCUT2D eigenvalue weighted by atomic mass is 9.80. The second kappa shape index (κ2) is 3.92. The standard InChI is InChI=1S/C16H14O3/c1-4-10-14(17)15(18)12-8(2)5-6-11-9(3)7-19-16(10)13(11)12/h5-7H,4H2,1-3H3. The van der Waals surface area contributed by atoms with Gasteiger partial charge in [0.15, 0.2) is 0 Å². The van der Waals surface area contributed by atoms with Gasteiger partial charge in [0.2, 0.25) is 11.6 Å². The first-order valence-corrected chi connectivity index (χ1v) is 6.36. The molecule has 0 amide bonds. The van der Waals surface area contributed by atoms with E-state index in [1.54, 1.807) is 6.26 Å². The molecule has 0 spiro atoms. The number of carbonyl (C=O) groups is 2. The molecule has 0 saturated heterocycles. The molecule has 3 nitrogen and oxygen atoms in total. The van der Waals surface area contributed by atoms with Crippen molar-refractivity contribution in [2.75, 3.05) is 0 Å². The Balaban J connectivity index is 2.46. The summed E-state index contributed by atoms with van der Waals surface area (Å²) in [6.45, 7) is 5.65. The molecule has 1 aromatic rings. The van der Waals surface area contributed by atoms with Crippen molar-refractivity contribution in [1.82, 2.24) is 0 Å². The molecule has 0 N–H and O–H groups in total. The first kappa shape index (κ1) is 11.9. The lowest BCUT2D eigenvalue weighted by Crippen LogP contribution is -2.27. The fourth-order valence-corrected chi connectivity index (χ4v) is 2.73. The van der Waals surface area contributed by atoms with E-state index in [2.05, 4.69) is 0 Å². The van der Waals surface area contributed by atoms with Crippen molar-refractivity contribution in [1.29, 1.82) is 0 Å². The largest absolute Gasteiger partial charge is 0.464 e. The monoisotopic (exact) mass is 254 g/mol. The molecule has 1 aromatic carbocycles. The summed E-state index contributed by atoms with van der Waals surface area (Å²) in [5.74, 6) is -0.280. The van der Waals surface area contributed by atoms with Crippen molar-refractivity contribution in [3.8, 4) is 0 Å². The Bertz CT molecular complexity index is 690. The lowest BCUT2D eigenvalue weighted by Gasteiger charge is -2.27. The first-order chi connectivity index (χ1) is 9.06. The molecule has 0 aromatic heterocycles. The number of ether oxygens (including phenoxy) is 1. The van der Waals surface area contributed by atoms with Crippen LogP contribution >= 0.6 is 0 Å². The molecule has 1 aliphatic carbocycles. The van der Waals surface area contributed by atoms with Gasteiger partial charge in [-0.25, -0.2) is 0 Å². The number of carbonyl (C=O) groups excluding carboxylic acids is 2. The van der Waals surface area contributed by atoms with Gasteiger partial charge in [-0.05, 0) is 37.0 Å². The van der Waals surface area contributed by atoms with Crippen LogP contribution in [0.4, 0.5) is 0 Å². The van der Waals surface area contributed by atoms with Crippen LogP contribution in [0.2, 0.25) is 0 Å². The van der Waals surface area contributed by atoms with E-state index in [0.717, 1.165) is 22.3 Å². The molecule has 1 aliphatic heterocycles. The Kier molecular flexibility index (Phi) is 2.45. The molecule has 0 bridgehead atoms. The van der Waals surface area contributed by atoms with E-state index in [-0.39, 0.29) is 0 Å². The van der Waals surface area contributed by atoms with Crippen LogP contribution in [-0.2, 0) is 9.53 Å². The smallest absolute Gasteiger partial charge is 0.234 e. The molecule has 2 aliphatic rings. The molecular formula is C16H14O3. The summed E-state index contributed by atoms with van der Waals surface area (Å²) >= 11 is 0. The number of benzene rings is 1. The molecule has 0 saturated carbocycles. The van der Waals surface area contributed by atoms with Crippen molar-refractivity contribution >= 4 is 22.9 Å². The third-order valence-corrected chi connectivity index (χ3v) is 3.75. The Morgan fingerprint density at radius 2 is 1.79 bits per heavy atom. The van der Waals surface area contributed by atoms with E-state index in [9.17, 15) is 9.59 Å². The van der Waals surface area contributed by atoms with Crippen LogP contribution in [0.25, 0.3) is 11.3 Å². The number of rotatable bonds is 1. The maximum atomic E-state index is 12.3. The Labute approximate surface area is 111 Å². The SMILES string of the molecule is CCC1=C2OC=C(C)c3ccc(C)c(c32)C(=O)C1=O. The van der Waals surface area contributed by atoms with Crippen molar-refractivity contribution in [3.63, 3.8) is 0 Å². The minimum Gasteiger partial charge on any atom is -0.464 e. The maximum Gasteiger partial charge on any atom is 0.234 e. The number of hydrogen-bond donors (Lipinski definition) is 0. The van der Waals surface area contributed by atoms with Gasteiger partial charge in [-0.15, -0.1) is 0 Å². The van der Waals surface area contributed by atoms with Crippen LogP contribution in [0, 0.1) is 6.92 Å². The maximum absolute atomic E-state index is 12.3. The van der Waals surface area contributed by atoms with Gasteiger partial charge in [0, 0.05) is 16.7 Å². The summed E-state index contributed by atoms with van der Waals surface area (Å²) in [7, 11) is 0. The van der Waals surface area contributed by atoms with Crippen LogP contribution in [-0.4, -0.2) is 11.6 Å². The number of aryl methyl sites for hydroxylation is 1. The van der Waals surface area contributed by atoms with Gasteiger partial charge in [-0.1, -0.05) is 19.1 Å². The molecular weight excluding hydrogens is 240 g/mol. The van der Waals surface area contributed by atoms with E-state index in [1.807, 2.05) is 32.9 Å².